The van der Waals surface area contributed by atoms with Gasteiger partial charge in [0.15, 0.2) is 0 Å². The van der Waals surface area contributed by atoms with Crippen molar-refractivity contribution < 1.29 is 29.2 Å². The normalized spacial score (nSPS) is 14.0. The Bertz CT molecular complexity index is 537. The molecule has 25 heavy (non-hydrogen) atoms. The number of methoxy groups -OCH3 is 1. The van der Waals surface area contributed by atoms with Crippen LogP contribution in [0.1, 0.15) is 38.4 Å². The van der Waals surface area contributed by atoms with E-state index in [1.165, 1.54) is 0 Å². The number of carbonyl (C=O) groups is 1. The summed E-state index contributed by atoms with van der Waals surface area (Å²) in [4.78, 5) is 11.6. The number of allylic oxidation sites excluding steroid dienone is 1. The largest absolute Gasteiger partial charge is 0.491 e. The summed E-state index contributed by atoms with van der Waals surface area (Å²) in [6.45, 7) is 4.01. The molecule has 0 radical (unpaired) electrons. The van der Waals surface area contributed by atoms with Crippen LogP contribution in [0.2, 0.25) is 0 Å². The molecule has 0 amide bonds. The molecule has 0 saturated carbocycles. The molecule has 0 saturated heterocycles. The minimum Gasteiger partial charge on any atom is -0.491 e. The van der Waals surface area contributed by atoms with Gasteiger partial charge in [-0.25, -0.2) is 4.79 Å². The van der Waals surface area contributed by atoms with E-state index in [9.17, 15) is 9.90 Å². The van der Waals surface area contributed by atoms with Gasteiger partial charge in [0.2, 0.25) is 0 Å². The second-order valence-electron chi connectivity index (χ2n) is 5.55. The summed E-state index contributed by atoms with van der Waals surface area (Å²) in [5.41, 5.74) is 1.27. The van der Waals surface area contributed by atoms with Crippen molar-refractivity contribution in [3.8, 4) is 5.75 Å². The summed E-state index contributed by atoms with van der Waals surface area (Å²) in [7, 11) is 1.55. The first-order chi connectivity index (χ1) is 12.0. The number of hydrogen-bond acceptors (Lipinski definition) is 6. The Balaban J connectivity index is 2.60. The van der Waals surface area contributed by atoms with E-state index in [0.29, 0.717) is 36.3 Å². The molecular formula is C19H28O6. The zero-order valence-electron chi connectivity index (χ0n) is 15.1. The molecule has 0 unspecified atom stereocenters. The summed E-state index contributed by atoms with van der Waals surface area (Å²) in [5, 5.41) is 19.2. The lowest BCUT2D eigenvalue weighted by molar-refractivity contribution is -0.138. The van der Waals surface area contributed by atoms with Crippen LogP contribution in [0.3, 0.4) is 0 Å². The molecule has 1 rings (SSSR count). The maximum Gasteiger partial charge on any atom is 0.333 e. The fourth-order valence-electron chi connectivity index (χ4n) is 2.34. The zero-order valence-corrected chi connectivity index (χ0v) is 15.1. The molecule has 0 aromatic heterocycles. The average Bonchev–Trinajstić information content (AvgIpc) is 2.63. The lowest BCUT2D eigenvalue weighted by Gasteiger charge is -2.21. The molecule has 0 heterocycles. The number of aliphatic hydroxyl groups is 2. The van der Waals surface area contributed by atoms with Gasteiger partial charge in [0.1, 0.15) is 18.5 Å². The zero-order chi connectivity index (χ0) is 18.7. The van der Waals surface area contributed by atoms with Crippen LogP contribution >= 0.6 is 0 Å². The minimum atomic E-state index is -0.784. The standard InChI is InChI=1S/C19H28O6/c1-4-24-19(22)14(2)6-5-7-17(23-3)18(21)15-8-10-16(11-9-15)25-13-12-20/h6,8-11,17-18,20-21H,4-5,7,12-13H2,1-3H3/b14-6+/t17-,18-/m0/s1. The van der Waals surface area contributed by atoms with Gasteiger partial charge in [-0.15, -0.1) is 0 Å². The molecule has 140 valence electrons. The summed E-state index contributed by atoms with van der Waals surface area (Å²) in [5.74, 6) is 0.308. The number of hydrogen-bond donors (Lipinski definition) is 2. The molecule has 6 heteroatoms. The molecule has 0 aliphatic carbocycles. The molecule has 1 aromatic carbocycles. The van der Waals surface area contributed by atoms with E-state index in [0.717, 1.165) is 0 Å². The Kier molecular flexibility index (Phi) is 9.84. The highest BCUT2D eigenvalue weighted by Crippen LogP contribution is 2.24. The van der Waals surface area contributed by atoms with Gasteiger partial charge in [-0.3, -0.25) is 0 Å². The number of carbonyl (C=O) groups excluding carboxylic acids is 1. The molecule has 2 N–H and O–H groups in total. The van der Waals surface area contributed by atoms with Gasteiger partial charge in [0, 0.05) is 12.7 Å². The Hall–Kier alpha value is -1.89. The average molecular weight is 352 g/mol. The van der Waals surface area contributed by atoms with Gasteiger partial charge in [-0.05, 0) is 44.4 Å². The predicted molar refractivity (Wildman–Crippen MR) is 94.4 cm³/mol. The maximum atomic E-state index is 11.6. The molecule has 6 nitrogen and oxygen atoms in total. The summed E-state index contributed by atoms with van der Waals surface area (Å²) >= 11 is 0. The SMILES string of the molecule is CCOC(=O)/C(C)=C/CC[C@H](OC)[C@@H](O)c1ccc(OCCO)cc1. The van der Waals surface area contributed by atoms with Crippen molar-refractivity contribution in [2.45, 2.75) is 38.9 Å². The van der Waals surface area contributed by atoms with Crippen molar-refractivity contribution in [1.29, 1.82) is 0 Å². The molecule has 1 aromatic rings. The summed E-state index contributed by atoms with van der Waals surface area (Å²) < 4.78 is 15.6. The van der Waals surface area contributed by atoms with E-state index in [1.807, 2.05) is 0 Å². The van der Waals surface area contributed by atoms with Crippen LogP contribution in [0.4, 0.5) is 0 Å². The quantitative estimate of drug-likeness (QED) is 0.470. The van der Waals surface area contributed by atoms with Gasteiger partial charge >= 0.3 is 5.97 Å². The third-order valence-corrected chi connectivity index (χ3v) is 3.74. The highest BCUT2D eigenvalue weighted by Gasteiger charge is 2.20. The first kappa shape index (κ1) is 21.2. The monoisotopic (exact) mass is 352 g/mol. The number of rotatable bonds is 11. The fourth-order valence-corrected chi connectivity index (χ4v) is 2.34. The van der Waals surface area contributed by atoms with E-state index >= 15 is 0 Å². The van der Waals surface area contributed by atoms with Gasteiger partial charge in [0.05, 0.1) is 19.3 Å². The number of esters is 1. The van der Waals surface area contributed by atoms with E-state index in [1.54, 1.807) is 51.3 Å². The topological polar surface area (TPSA) is 85.2 Å². The van der Waals surface area contributed by atoms with Crippen molar-refractivity contribution in [3.63, 3.8) is 0 Å². The van der Waals surface area contributed by atoms with Crippen LogP contribution in [0.25, 0.3) is 0 Å². The van der Waals surface area contributed by atoms with Gasteiger partial charge in [0.25, 0.3) is 0 Å². The lowest BCUT2D eigenvalue weighted by Crippen LogP contribution is -2.20. The molecule has 2 atom stereocenters. The molecule has 0 fully saturated rings. The Morgan fingerprint density at radius 2 is 1.96 bits per heavy atom. The van der Waals surface area contributed by atoms with E-state index in [4.69, 9.17) is 19.3 Å². The fraction of sp³-hybridized carbons (Fsp3) is 0.526. The first-order valence-electron chi connectivity index (χ1n) is 8.41. The second-order valence-corrected chi connectivity index (χ2v) is 5.55. The van der Waals surface area contributed by atoms with Crippen molar-refractivity contribution in [1.82, 2.24) is 0 Å². The van der Waals surface area contributed by atoms with Crippen LogP contribution in [0.5, 0.6) is 5.75 Å². The van der Waals surface area contributed by atoms with Crippen molar-refractivity contribution >= 4 is 5.97 Å². The van der Waals surface area contributed by atoms with Gasteiger partial charge < -0.3 is 24.4 Å². The highest BCUT2D eigenvalue weighted by atomic mass is 16.5. The van der Waals surface area contributed by atoms with Crippen LogP contribution in [0, 0.1) is 0 Å². The van der Waals surface area contributed by atoms with Crippen molar-refractivity contribution in [2.24, 2.45) is 0 Å². The molecule has 0 spiro atoms. The predicted octanol–water partition coefficient (Wildman–Crippen LogP) is 2.40. The van der Waals surface area contributed by atoms with Crippen LogP contribution < -0.4 is 4.74 Å². The van der Waals surface area contributed by atoms with E-state index in [2.05, 4.69) is 0 Å². The van der Waals surface area contributed by atoms with E-state index < -0.39 is 12.2 Å². The highest BCUT2D eigenvalue weighted by molar-refractivity contribution is 5.87. The smallest absolute Gasteiger partial charge is 0.333 e. The molecule has 0 aliphatic heterocycles. The van der Waals surface area contributed by atoms with Crippen molar-refractivity contribution in [3.05, 3.63) is 41.5 Å². The maximum absolute atomic E-state index is 11.6. The minimum absolute atomic E-state index is 0.0468. The Labute approximate surface area is 149 Å². The summed E-state index contributed by atoms with van der Waals surface area (Å²) in [6, 6.07) is 7.02. The third-order valence-electron chi connectivity index (χ3n) is 3.74. The Morgan fingerprint density at radius 1 is 1.28 bits per heavy atom. The van der Waals surface area contributed by atoms with Crippen LogP contribution in [0.15, 0.2) is 35.9 Å². The molecule has 0 aliphatic rings. The number of ether oxygens (including phenoxy) is 3. The third kappa shape index (κ3) is 7.25. The Morgan fingerprint density at radius 3 is 2.52 bits per heavy atom. The summed E-state index contributed by atoms with van der Waals surface area (Å²) in [6.07, 6.45) is 1.78. The van der Waals surface area contributed by atoms with Gasteiger partial charge in [-0.2, -0.15) is 0 Å². The lowest BCUT2D eigenvalue weighted by atomic mass is 10.00. The van der Waals surface area contributed by atoms with E-state index in [-0.39, 0.29) is 19.2 Å². The first-order valence-corrected chi connectivity index (χ1v) is 8.41. The molecule has 0 bridgehead atoms. The number of aliphatic hydroxyl groups excluding tert-OH is 2. The van der Waals surface area contributed by atoms with Crippen molar-refractivity contribution in [2.75, 3.05) is 26.9 Å². The van der Waals surface area contributed by atoms with Gasteiger partial charge in [-0.1, -0.05) is 18.2 Å². The number of benzene rings is 1. The van der Waals surface area contributed by atoms with Crippen LogP contribution in [-0.2, 0) is 14.3 Å². The second kappa shape index (κ2) is 11.6. The molecular weight excluding hydrogens is 324 g/mol. The van der Waals surface area contributed by atoms with Crippen LogP contribution in [-0.4, -0.2) is 49.2 Å².